The van der Waals surface area contributed by atoms with Gasteiger partial charge in [-0.3, -0.25) is 14.2 Å². The summed E-state index contributed by atoms with van der Waals surface area (Å²) in [6.45, 7) is 1.13. The van der Waals surface area contributed by atoms with Crippen molar-refractivity contribution in [1.29, 1.82) is 0 Å². The number of anilines is 1. The van der Waals surface area contributed by atoms with Crippen molar-refractivity contribution in [2.24, 2.45) is 0 Å². The van der Waals surface area contributed by atoms with Gasteiger partial charge >= 0.3 is 0 Å². The number of aromatic amines is 1. The predicted molar refractivity (Wildman–Crippen MR) is 118 cm³/mol. The Labute approximate surface area is 182 Å². The molecule has 2 heterocycles. The van der Waals surface area contributed by atoms with Crippen LogP contribution in [0.1, 0.15) is 23.2 Å². The summed E-state index contributed by atoms with van der Waals surface area (Å²) < 4.78 is 12.6. The average molecular weight is 446 g/mol. The molecule has 0 bridgehead atoms. The third-order valence-corrected chi connectivity index (χ3v) is 5.68. The monoisotopic (exact) mass is 445 g/mol. The van der Waals surface area contributed by atoms with Crippen molar-refractivity contribution in [2.75, 3.05) is 19.0 Å². The van der Waals surface area contributed by atoms with Crippen molar-refractivity contribution in [2.45, 2.75) is 25.5 Å². The molecule has 4 rings (SSSR count). The summed E-state index contributed by atoms with van der Waals surface area (Å²) >= 11 is 11.5. The van der Waals surface area contributed by atoms with Gasteiger partial charge in [0.05, 0.1) is 35.7 Å². The van der Waals surface area contributed by atoms with Crippen molar-refractivity contribution >= 4 is 46.3 Å². The van der Waals surface area contributed by atoms with Gasteiger partial charge in [0.2, 0.25) is 0 Å². The van der Waals surface area contributed by atoms with Crippen molar-refractivity contribution in [3.05, 3.63) is 62.1 Å². The number of hydrogen-bond donors (Lipinski definition) is 2. The van der Waals surface area contributed by atoms with Gasteiger partial charge in [-0.05, 0) is 61.5 Å². The number of halogens is 1. The van der Waals surface area contributed by atoms with Gasteiger partial charge in [0, 0.05) is 17.9 Å². The highest BCUT2D eigenvalue weighted by Gasteiger charge is 2.18. The van der Waals surface area contributed by atoms with Crippen LogP contribution in [0.3, 0.4) is 0 Å². The molecule has 2 N–H and O–H groups in total. The second-order valence-corrected chi connectivity index (χ2v) is 7.84. The molecule has 9 heteroatoms. The highest BCUT2D eigenvalue weighted by Crippen LogP contribution is 2.27. The number of nitrogens with zero attached hydrogens (tertiary/aromatic N) is 1. The SMILES string of the molecule is COc1ccc(NC(=O)c2ccc3c(=O)n(CC4CCCO4)c(=S)[nH]c3c2)cc1Cl. The van der Waals surface area contributed by atoms with Crippen LogP contribution in [-0.4, -0.2) is 35.3 Å². The number of rotatable bonds is 5. The molecule has 1 atom stereocenters. The van der Waals surface area contributed by atoms with Crippen LogP contribution in [0.2, 0.25) is 5.02 Å². The average Bonchev–Trinajstić information content (AvgIpc) is 3.24. The standard InChI is InChI=1S/C21H20ClN3O4S/c1-28-18-7-5-13(10-16(18)22)23-19(26)12-4-6-15-17(9-12)24-21(30)25(20(15)27)11-14-3-2-8-29-14/h4-7,9-10,14H,2-3,8,11H2,1H3,(H,23,26)(H,24,30). The van der Waals surface area contributed by atoms with E-state index in [9.17, 15) is 9.59 Å². The maximum absolute atomic E-state index is 12.9. The third kappa shape index (κ3) is 4.12. The maximum Gasteiger partial charge on any atom is 0.262 e. The Morgan fingerprint density at radius 2 is 2.20 bits per heavy atom. The number of H-pyrrole nitrogens is 1. The molecular weight excluding hydrogens is 426 g/mol. The van der Waals surface area contributed by atoms with Gasteiger partial charge in [0.1, 0.15) is 5.75 Å². The molecule has 0 radical (unpaired) electrons. The van der Waals surface area contributed by atoms with E-state index < -0.39 is 0 Å². The number of fused-ring (bicyclic) bond motifs is 1. The lowest BCUT2D eigenvalue weighted by molar-refractivity contribution is 0.0957. The van der Waals surface area contributed by atoms with Crippen LogP contribution in [0.25, 0.3) is 10.9 Å². The quantitative estimate of drug-likeness (QED) is 0.576. The third-order valence-electron chi connectivity index (χ3n) is 5.06. The number of ether oxygens (including phenoxy) is 2. The molecular formula is C21H20ClN3O4S. The van der Waals surface area contributed by atoms with Gasteiger partial charge in [-0.25, -0.2) is 0 Å². The van der Waals surface area contributed by atoms with Gasteiger partial charge in [-0.2, -0.15) is 0 Å². The molecule has 156 valence electrons. The minimum atomic E-state index is -0.332. The fourth-order valence-electron chi connectivity index (χ4n) is 3.50. The molecule has 1 aliphatic heterocycles. The number of aromatic nitrogens is 2. The van der Waals surface area contributed by atoms with Gasteiger partial charge in [0.15, 0.2) is 4.77 Å². The molecule has 0 aliphatic carbocycles. The second kappa shape index (κ2) is 8.59. The number of nitrogens with one attached hydrogen (secondary N) is 2. The van der Waals surface area contributed by atoms with E-state index >= 15 is 0 Å². The number of carbonyl (C=O) groups is 1. The van der Waals surface area contributed by atoms with E-state index in [2.05, 4.69) is 10.3 Å². The molecule has 2 aromatic carbocycles. The minimum Gasteiger partial charge on any atom is -0.495 e. The highest BCUT2D eigenvalue weighted by molar-refractivity contribution is 7.71. The Balaban J connectivity index is 1.61. The Bertz CT molecular complexity index is 1230. The Morgan fingerprint density at radius 3 is 2.90 bits per heavy atom. The lowest BCUT2D eigenvalue weighted by Gasteiger charge is -2.13. The Morgan fingerprint density at radius 1 is 1.37 bits per heavy atom. The largest absolute Gasteiger partial charge is 0.495 e. The van der Waals surface area contributed by atoms with Gasteiger partial charge in [-0.1, -0.05) is 11.6 Å². The molecule has 0 spiro atoms. The normalized spacial score (nSPS) is 16.0. The van der Waals surface area contributed by atoms with Gasteiger partial charge in [-0.15, -0.1) is 0 Å². The number of benzene rings is 2. The Kier molecular flexibility index (Phi) is 5.90. The smallest absolute Gasteiger partial charge is 0.262 e. The van der Waals surface area contributed by atoms with Crippen molar-refractivity contribution in [3.63, 3.8) is 0 Å². The zero-order valence-electron chi connectivity index (χ0n) is 16.2. The van der Waals surface area contributed by atoms with Gasteiger partial charge < -0.3 is 19.8 Å². The molecule has 1 saturated heterocycles. The van der Waals surface area contributed by atoms with Crippen LogP contribution in [0.5, 0.6) is 5.75 Å². The van der Waals surface area contributed by atoms with Gasteiger partial charge in [0.25, 0.3) is 11.5 Å². The zero-order valence-corrected chi connectivity index (χ0v) is 17.8. The molecule has 1 aromatic heterocycles. The Hall–Kier alpha value is -2.68. The maximum atomic E-state index is 12.9. The van der Waals surface area contributed by atoms with Crippen molar-refractivity contribution in [3.8, 4) is 5.75 Å². The minimum absolute atomic E-state index is 0.00313. The van der Waals surface area contributed by atoms with E-state index in [1.54, 1.807) is 36.4 Å². The van der Waals surface area contributed by atoms with Crippen LogP contribution in [0.4, 0.5) is 5.69 Å². The van der Waals surface area contributed by atoms with Crippen LogP contribution < -0.4 is 15.6 Å². The van der Waals surface area contributed by atoms with Crippen LogP contribution >= 0.6 is 23.8 Å². The first-order valence-electron chi connectivity index (χ1n) is 9.49. The van der Waals surface area contributed by atoms with Crippen molar-refractivity contribution < 1.29 is 14.3 Å². The number of amides is 1. The molecule has 1 aliphatic rings. The zero-order chi connectivity index (χ0) is 21.3. The molecule has 30 heavy (non-hydrogen) atoms. The van der Waals surface area contributed by atoms with Crippen LogP contribution in [0.15, 0.2) is 41.2 Å². The molecule has 7 nitrogen and oxygen atoms in total. The van der Waals surface area contributed by atoms with E-state index in [0.717, 1.165) is 12.8 Å². The topological polar surface area (TPSA) is 85.3 Å². The molecule has 3 aromatic rings. The van der Waals surface area contributed by atoms with Crippen LogP contribution in [0, 0.1) is 4.77 Å². The first-order valence-corrected chi connectivity index (χ1v) is 10.3. The molecule has 1 fully saturated rings. The van der Waals surface area contributed by atoms with E-state index in [1.165, 1.54) is 11.7 Å². The fourth-order valence-corrected chi connectivity index (χ4v) is 4.03. The predicted octanol–water partition coefficient (Wildman–Crippen LogP) is 4.15. The lowest BCUT2D eigenvalue weighted by Crippen LogP contribution is -2.28. The summed E-state index contributed by atoms with van der Waals surface area (Å²) in [5.41, 5.74) is 1.23. The lowest BCUT2D eigenvalue weighted by atomic mass is 10.1. The molecule has 1 amide bonds. The summed E-state index contributed by atoms with van der Waals surface area (Å²) in [6.07, 6.45) is 1.89. The highest BCUT2D eigenvalue weighted by atomic mass is 35.5. The van der Waals surface area contributed by atoms with E-state index in [1.807, 2.05) is 0 Å². The summed E-state index contributed by atoms with van der Waals surface area (Å²) in [4.78, 5) is 28.6. The first-order chi connectivity index (χ1) is 14.5. The first kappa shape index (κ1) is 20.6. The van der Waals surface area contributed by atoms with E-state index in [-0.39, 0.29) is 17.6 Å². The summed E-state index contributed by atoms with van der Waals surface area (Å²) in [6, 6.07) is 9.83. The molecule has 1 unspecified atom stereocenters. The van der Waals surface area contributed by atoms with E-state index in [0.29, 0.717) is 50.8 Å². The number of hydrogen-bond acceptors (Lipinski definition) is 5. The number of methoxy groups -OCH3 is 1. The summed E-state index contributed by atoms with van der Waals surface area (Å²) in [5, 5.41) is 3.64. The van der Waals surface area contributed by atoms with Crippen molar-refractivity contribution in [1.82, 2.24) is 9.55 Å². The summed E-state index contributed by atoms with van der Waals surface area (Å²) in [7, 11) is 1.52. The fraction of sp³-hybridized carbons (Fsp3) is 0.286. The summed E-state index contributed by atoms with van der Waals surface area (Å²) in [5.74, 6) is 0.188. The molecule has 0 saturated carbocycles. The van der Waals surface area contributed by atoms with Crippen LogP contribution in [-0.2, 0) is 11.3 Å². The number of carbonyl (C=O) groups excluding carboxylic acids is 1. The second-order valence-electron chi connectivity index (χ2n) is 7.04. The van der Waals surface area contributed by atoms with E-state index in [4.69, 9.17) is 33.3 Å².